The normalized spacial score (nSPS) is 13.5. The van der Waals surface area contributed by atoms with Gasteiger partial charge in [0.1, 0.15) is 12.4 Å². The molecule has 0 radical (unpaired) electrons. The van der Waals surface area contributed by atoms with Crippen LogP contribution in [0.15, 0.2) is 48.5 Å². The van der Waals surface area contributed by atoms with E-state index in [1.165, 1.54) is 12.1 Å². The van der Waals surface area contributed by atoms with Crippen LogP contribution in [-0.4, -0.2) is 31.6 Å². The van der Waals surface area contributed by atoms with Crippen molar-refractivity contribution in [3.63, 3.8) is 0 Å². The van der Waals surface area contributed by atoms with Crippen LogP contribution in [0.5, 0.6) is 0 Å². The molecular weight excluding hydrogens is 399 g/mol. The summed E-state index contributed by atoms with van der Waals surface area (Å²) in [5, 5.41) is 7.66. The molecule has 2 aromatic carbocycles. The van der Waals surface area contributed by atoms with Crippen molar-refractivity contribution in [1.29, 1.82) is 0 Å². The first-order valence-corrected chi connectivity index (χ1v) is 9.75. The first kappa shape index (κ1) is 18.8. The third-order valence-corrected chi connectivity index (χ3v) is 5.29. The van der Waals surface area contributed by atoms with Gasteiger partial charge in [-0.2, -0.15) is 5.10 Å². The van der Waals surface area contributed by atoms with Gasteiger partial charge in [0, 0.05) is 23.2 Å². The van der Waals surface area contributed by atoms with E-state index in [-0.39, 0.29) is 24.3 Å². The molecule has 1 aliphatic carbocycles. The Morgan fingerprint density at radius 3 is 2.54 bits per heavy atom. The summed E-state index contributed by atoms with van der Waals surface area (Å²) in [6.07, 6.45) is 1.96. The average molecular weight is 417 g/mol. The van der Waals surface area contributed by atoms with Crippen molar-refractivity contribution in [3.8, 4) is 11.4 Å². The molecule has 144 valence electrons. The number of hydrogen-bond acceptors (Lipinski definition) is 3. The third kappa shape index (κ3) is 4.15. The van der Waals surface area contributed by atoms with Gasteiger partial charge in [-0.1, -0.05) is 23.7 Å². The summed E-state index contributed by atoms with van der Waals surface area (Å²) < 4.78 is 15.2. The molecule has 1 fully saturated rings. The Labute approximate surface area is 171 Å². The number of aromatic amines is 1. The Morgan fingerprint density at radius 2 is 1.89 bits per heavy atom. The van der Waals surface area contributed by atoms with Gasteiger partial charge in [-0.3, -0.25) is 14.5 Å². The average Bonchev–Trinajstić information content (AvgIpc) is 3.46. The van der Waals surface area contributed by atoms with Gasteiger partial charge in [0.05, 0.1) is 0 Å². The number of amides is 1. The van der Waals surface area contributed by atoms with Crippen LogP contribution in [0, 0.1) is 10.6 Å². The number of carbonyl (C=O) groups is 1. The summed E-state index contributed by atoms with van der Waals surface area (Å²) in [6, 6.07) is 13.7. The largest absolute Gasteiger partial charge is 0.334 e. The molecule has 0 aliphatic heterocycles. The van der Waals surface area contributed by atoms with Crippen LogP contribution in [0.4, 0.5) is 4.39 Å². The maximum absolute atomic E-state index is 13.2. The highest BCUT2D eigenvalue weighted by atomic mass is 35.5. The summed E-state index contributed by atoms with van der Waals surface area (Å²) in [4.78, 5) is 14.9. The lowest BCUT2D eigenvalue weighted by Gasteiger charge is -2.23. The van der Waals surface area contributed by atoms with E-state index in [0.717, 1.165) is 24.0 Å². The van der Waals surface area contributed by atoms with Gasteiger partial charge in [0.15, 0.2) is 10.6 Å². The lowest BCUT2D eigenvalue weighted by atomic mass is 10.2. The molecule has 0 bridgehead atoms. The van der Waals surface area contributed by atoms with Crippen LogP contribution in [0.2, 0.25) is 5.02 Å². The molecule has 5 nitrogen and oxygen atoms in total. The Bertz CT molecular complexity index is 1040. The Morgan fingerprint density at radius 1 is 1.21 bits per heavy atom. The van der Waals surface area contributed by atoms with Crippen molar-refractivity contribution < 1.29 is 9.18 Å². The SMILES string of the molecule is O=C(Cn1c(-c2ccc(Cl)cc2)n[nH]c1=S)N(Cc1ccc(F)cc1)C1CC1. The quantitative estimate of drug-likeness (QED) is 0.598. The summed E-state index contributed by atoms with van der Waals surface area (Å²) in [5.74, 6) is 0.262. The van der Waals surface area contributed by atoms with E-state index in [1.54, 1.807) is 28.8 Å². The molecule has 1 aromatic heterocycles. The highest BCUT2D eigenvalue weighted by Gasteiger charge is 2.33. The second kappa shape index (κ2) is 7.85. The number of benzene rings is 2. The Kier molecular flexibility index (Phi) is 5.28. The van der Waals surface area contributed by atoms with E-state index < -0.39 is 0 Å². The molecule has 1 N–H and O–H groups in total. The van der Waals surface area contributed by atoms with Crippen molar-refractivity contribution in [2.75, 3.05) is 0 Å². The number of halogens is 2. The second-order valence-corrected chi connectivity index (χ2v) is 7.65. The van der Waals surface area contributed by atoms with E-state index in [2.05, 4.69) is 10.2 Å². The number of aromatic nitrogens is 3. The van der Waals surface area contributed by atoms with Crippen molar-refractivity contribution in [1.82, 2.24) is 19.7 Å². The number of nitrogens with zero attached hydrogens (tertiary/aromatic N) is 3. The van der Waals surface area contributed by atoms with Crippen LogP contribution in [0.25, 0.3) is 11.4 Å². The molecule has 3 aromatic rings. The number of nitrogens with one attached hydrogen (secondary N) is 1. The minimum Gasteiger partial charge on any atom is -0.334 e. The molecule has 1 aliphatic rings. The maximum Gasteiger partial charge on any atom is 0.243 e. The summed E-state index contributed by atoms with van der Waals surface area (Å²) in [6.45, 7) is 0.538. The van der Waals surface area contributed by atoms with Crippen LogP contribution in [0.3, 0.4) is 0 Å². The van der Waals surface area contributed by atoms with Crippen molar-refractivity contribution >= 4 is 29.7 Å². The monoisotopic (exact) mass is 416 g/mol. The van der Waals surface area contributed by atoms with Gasteiger partial charge in [-0.25, -0.2) is 4.39 Å². The van der Waals surface area contributed by atoms with Gasteiger partial charge < -0.3 is 4.90 Å². The predicted octanol–water partition coefficient (Wildman–Crippen LogP) is 4.59. The van der Waals surface area contributed by atoms with Crippen LogP contribution >= 0.6 is 23.8 Å². The molecule has 0 saturated heterocycles. The first-order chi connectivity index (χ1) is 13.5. The standard InChI is InChI=1S/C20H18ClFN4OS/c21-15-5-3-14(4-6-15)19-23-24-20(28)26(19)12-18(27)25(17-9-10-17)11-13-1-7-16(22)8-2-13/h1-8,17H,9-12H2,(H,24,28). The fourth-order valence-corrected chi connectivity index (χ4v) is 3.43. The summed E-state index contributed by atoms with van der Waals surface area (Å²) in [5.41, 5.74) is 1.72. The predicted molar refractivity (Wildman–Crippen MR) is 108 cm³/mol. The lowest BCUT2D eigenvalue weighted by molar-refractivity contribution is -0.133. The zero-order valence-corrected chi connectivity index (χ0v) is 16.5. The highest BCUT2D eigenvalue weighted by Crippen LogP contribution is 2.29. The summed E-state index contributed by atoms with van der Waals surface area (Å²) >= 11 is 11.3. The van der Waals surface area contributed by atoms with Crippen LogP contribution in [-0.2, 0) is 17.9 Å². The van der Waals surface area contributed by atoms with Gasteiger partial charge in [-0.05, 0) is 67.0 Å². The molecule has 1 amide bonds. The van der Waals surface area contributed by atoms with Gasteiger partial charge in [-0.15, -0.1) is 0 Å². The van der Waals surface area contributed by atoms with Crippen LogP contribution in [0.1, 0.15) is 18.4 Å². The molecule has 0 atom stereocenters. The molecule has 8 heteroatoms. The number of hydrogen-bond donors (Lipinski definition) is 1. The van der Waals surface area contributed by atoms with Crippen molar-refractivity contribution in [2.45, 2.75) is 32.0 Å². The van der Waals surface area contributed by atoms with E-state index >= 15 is 0 Å². The number of H-pyrrole nitrogens is 1. The first-order valence-electron chi connectivity index (χ1n) is 8.96. The van der Waals surface area contributed by atoms with E-state index in [4.69, 9.17) is 23.8 Å². The zero-order valence-electron chi connectivity index (χ0n) is 14.9. The minimum atomic E-state index is -0.287. The van der Waals surface area contributed by atoms with E-state index in [0.29, 0.717) is 22.2 Å². The van der Waals surface area contributed by atoms with Crippen molar-refractivity contribution in [2.24, 2.45) is 0 Å². The molecule has 0 spiro atoms. The topological polar surface area (TPSA) is 53.9 Å². The molecule has 0 unspecified atom stereocenters. The molecule has 28 heavy (non-hydrogen) atoms. The van der Waals surface area contributed by atoms with Crippen LogP contribution < -0.4 is 0 Å². The van der Waals surface area contributed by atoms with Gasteiger partial charge >= 0.3 is 0 Å². The Balaban J connectivity index is 1.56. The maximum atomic E-state index is 13.2. The lowest BCUT2D eigenvalue weighted by Crippen LogP contribution is -2.35. The molecule has 1 saturated carbocycles. The zero-order chi connectivity index (χ0) is 19.7. The highest BCUT2D eigenvalue weighted by molar-refractivity contribution is 7.71. The number of rotatable bonds is 6. The molecule has 1 heterocycles. The molecular formula is C20H18ClFN4OS. The van der Waals surface area contributed by atoms with Gasteiger partial charge in [0.25, 0.3) is 0 Å². The smallest absolute Gasteiger partial charge is 0.243 e. The number of carbonyl (C=O) groups excluding carboxylic acids is 1. The van der Waals surface area contributed by atoms with Crippen molar-refractivity contribution in [3.05, 3.63) is 69.7 Å². The van der Waals surface area contributed by atoms with E-state index in [9.17, 15) is 9.18 Å². The second-order valence-electron chi connectivity index (χ2n) is 6.82. The third-order valence-electron chi connectivity index (χ3n) is 4.73. The Hall–Kier alpha value is -2.51. The minimum absolute atomic E-state index is 0.0421. The fourth-order valence-electron chi connectivity index (χ4n) is 3.10. The fraction of sp³-hybridized carbons (Fsp3) is 0.250. The summed E-state index contributed by atoms with van der Waals surface area (Å²) in [7, 11) is 0. The van der Waals surface area contributed by atoms with Gasteiger partial charge in [0.2, 0.25) is 5.91 Å². The van der Waals surface area contributed by atoms with E-state index in [1.807, 2.05) is 17.0 Å². The molecule has 4 rings (SSSR count).